The van der Waals surface area contributed by atoms with Crippen molar-refractivity contribution in [3.8, 4) is 11.1 Å². The van der Waals surface area contributed by atoms with Gasteiger partial charge in [0.25, 0.3) is 5.91 Å². The van der Waals surface area contributed by atoms with Crippen LogP contribution < -0.4 is 9.80 Å². The van der Waals surface area contributed by atoms with Crippen LogP contribution in [0.15, 0.2) is 79.1 Å². The molecule has 0 saturated carbocycles. The molecule has 1 atom stereocenters. The summed E-state index contributed by atoms with van der Waals surface area (Å²) in [4.78, 5) is 32.0. The van der Waals surface area contributed by atoms with Crippen molar-refractivity contribution >= 4 is 28.9 Å². The third-order valence-corrected chi connectivity index (χ3v) is 7.72. The summed E-state index contributed by atoms with van der Waals surface area (Å²) in [6.45, 7) is 1.95. The molecule has 1 aromatic heterocycles. The van der Waals surface area contributed by atoms with Gasteiger partial charge in [-0.25, -0.2) is 0 Å². The lowest BCUT2D eigenvalue weighted by atomic mass is 9.78. The van der Waals surface area contributed by atoms with Crippen LogP contribution in [-0.4, -0.2) is 28.1 Å². The molecule has 2 heterocycles. The Labute approximate surface area is 223 Å². The Morgan fingerprint density at radius 2 is 1.69 bits per heavy atom. The second-order valence-electron chi connectivity index (χ2n) is 9.91. The lowest BCUT2D eigenvalue weighted by Gasteiger charge is -2.32. The minimum absolute atomic E-state index is 0.0324. The fourth-order valence-electron chi connectivity index (χ4n) is 5.83. The van der Waals surface area contributed by atoms with Gasteiger partial charge in [-0.1, -0.05) is 30.3 Å². The number of carbonyl (C=O) groups excluding carboxylic acids is 2. The van der Waals surface area contributed by atoms with Gasteiger partial charge in [-0.15, -0.1) is 0 Å². The number of hydrogen-bond acceptors (Lipinski definition) is 3. The van der Waals surface area contributed by atoms with E-state index in [-0.39, 0.29) is 24.3 Å². The average Bonchev–Trinajstić information content (AvgIpc) is 3.52. The van der Waals surface area contributed by atoms with Crippen LogP contribution in [0, 0.1) is 0 Å². The predicted octanol–water partition coefficient (Wildman–Crippen LogP) is 6.02. The van der Waals surface area contributed by atoms with Crippen molar-refractivity contribution in [3.63, 3.8) is 0 Å². The largest absolute Gasteiger partial charge is 0.416 e. The molecule has 9 heteroatoms. The maximum absolute atomic E-state index is 14.8. The molecular formula is C30H25F3N4O2. The highest BCUT2D eigenvalue weighted by Crippen LogP contribution is 2.51. The number of alkyl halides is 3. The van der Waals surface area contributed by atoms with E-state index in [4.69, 9.17) is 0 Å². The van der Waals surface area contributed by atoms with Crippen LogP contribution in [0.3, 0.4) is 0 Å². The standard InChI is InChI=1S/C30H25F3N4O2/c1-3-36-25-12-11-22(30(31,32)33)16-26(25)37(23-7-5-4-6-8-23)28(39)29(27(36)38)14-13-19-9-10-20(15-24(19)29)21-17-34-35(2)18-21/h4-12,15-18H,3,13-14H2,1-2H3. The SMILES string of the molecule is CCN1C(=O)C2(CCc3ccc(-c4cnn(C)c4)cc32)C(=O)N(c2ccccc2)c2cc(C(F)(F)F)ccc21. The number of likely N-dealkylation sites (N-methyl/N-ethyl adjacent to an activating group) is 1. The summed E-state index contributed by atoms with van der Waals surface area (Å²) in [7, 11) is 1.81. The van der Waals surface area contributed by atoms with E-state index < -0.39 is 29.0 Å². The van der Waals surface area contributed by atoms with Crippen molar-refractivity contribution < 1.29 is 22.8 Å². The van der Waals surface area contributed by atoms with E-state index in [1.54, 1.807) is 55.2 Å². The number of para-hydroxylation sites is 1. The lowest BCUT2D eigenvalue weighted by molar-refractivity contribution is -0.138. The monoisotopic (exact) mass is 530 g/mol. The van der Waals surface area contributed by atoms with Crippen molar-refractivity contribution in [2.75, 3.05) is 16.3 Å². The predicted molar refractivity (Wildman–Crippen MR) is 142 cm³/mol. The van der Waals surface area contributed by atoms with Gasteiger partial charge in [0.1, 0.15) is 0 Å². The second-order valence-corrected chi connectivity index (χ2v) is 9.91. The summed E-state index contributed by atoms with van der Waals surface area (Å²) in [6, 6.07) is 17.5. The zero-order chi connectivity index (χ0) is 27.5. The smallest absolute Gasteiger partial charge is 0.309 e. The average molecular weight is 531 g/mol. The van der Waals surface area contributed by atoms with E-state index in [2.05, 4.69) is 5.10 Å². The molecule has 1 aliphatic heterocycles. The molecule has 0 saturated heterocycles. The molecular weight excluding hydrogens is 505 g/mol. The quantitative estimate of drug-likeness (QED) is 0.305. The Bertz CT molecular complexity index is 1610. The minimum atomic E-state index is -4.62. The van der Waals surface area contributed by atoms with Crippen molar-refractivity contribution in [2.45, 2.75) is 31.4 Å². The maximum Gasteiger partial charge on any atom is 0.416 e. The van der Waals surface area contributed by atoms with Crippen LogP contribution in [0.25, 0.3) is 11.1 Å². The van der Waals surface area contributed by atoms with Crippen LogP contribution in [0.5, 0.6) is 0 Å². The third-order valence-electron chi connectivity index (χ3n) is 7.72. The minimum Gasteiger partial charge on any atom is -0.309 e. The number of hydrogen-bond donors (Lipinski definition) is 0. The number of rotatable bonds is 3. The molecule has 0 N–H and O–H groups in total. The molecule has 39 heavy (non-hydrogen) atoms. The number of amides is 2. The van der Waals surface area contributed by atoms with E-state index in [9.17, 15) is 22.8 Å². The van der Waals surface area contributed by atoms with Crippen LogP contribution >= 0.6 is 0 Å². The summed E-state index contributed by atoms with van der Waals surface area (Å²) >= 11 is 0. The zero-order valence-electron chi connectivity index (χ0n) is 21.4. The van der Waals surface area contributed by atoms with Crippen LogP contribution in [0.4, 0.5) is 30.2 Å². The number of nitrogens with zero attached hydrogens (tertiary/aromatic N) is 4. The van der Waals surface area contributed by atoms with Gasteiger partial charge in [0.15, 0.2) is 5.41 Å². The van der Waals surface area contributed by atoms with E-state index in [1.165, 1.54) is 15.9 Å². The molecule has 6 rings (SSSR count). The molecule has 2 aliphatic rings. The van der Waals surface area contributed by atoms with Crippen molar-refractivity contribution in [1.29, 1.82) is 0 Å². The number of aromatic nitrogens is 2. The van der Waals surface area contributed by atoms with Crippen LogP contribution in [0.2, 0.25) is 0 Å². The fourth-order valence-corrected chi connectivity index (χ4v) is 5.83. The summed E-state index contributed by atoms with van der Waals surface area (Å²) in [6.07, 6.45) is -0.350. The van der Waals surface area contributed by atoms with E-state index in [0.717, 1.165) is 28.8 Å². The first-order valence-corrected chi connectivity index (χ1v) is 12.7. The second kappa shape index (κ2) is 8.83. The molecule has 3 aromatic carbocycles. The van der Waals surface area contributed by atoms with Gasteiger partial charge in [0.2, 0.25) is 5.91 Å². The zero-order valence-corrected chi connectivity index (χ0v) is 21.4. The Hall–Kier alpha value is -4.40. The summed E-state index contributed by atoms with van der Waals surface area (Å²) in [5.74, 6) is -0.992. The number of benzene rings is 3. The third kappa shape index (κ3) is 3.75. The van der Waals surface area contributed by atoms with Gasteiger partial charge in [-0.2, -0.15) is 18.3 Å². The van der Waals surface area contributed by atoms with Gasteiger partial charge < -0.3 is 4.90 Å². The maximum atomic E-state index is 14.8. The molecule has 1 spiro atoms. The number of halogens is 3. The molecule has 0 fully saturated rings. The van der Waals surface area contributed by atoms with Crippen molar-refractivity contribution in [3.05, 3.63) is 95.8 Å². The highest BCUT2D eigenvalue weighted by molar-refractivity contribution is 6.27. The van der Waals surface area contributed by atoms with E-state index >= 15 is 0 Å². The molecule has 0 bridgehead atoms. The number of aryl methyl sites for hydroxylation is 2. The van der Waals surface area contributed by atoms with Gasteiger partial charge in [0.05, 0.1) is 23.1 Å². The number of anilines is 3. The van der Waals surface area contributed by atoms with Crippen molar-refractivity contribution in [2.24, 2.45) is 7.05 Å². The van der Waals surface area contributed by atoms with Gasteiger partial charge in [0, 0.05) is 31.0 Å². The first-order valence-electron chi connectivity index (χ1n) is 12.7. The first-order chi connectivity index (χ1) is 18.6. The Kier molecular flexibility index (Phi) is 5.64. The molecule has 1 aliphatic carbocycles. The van der Waals surface area contributed by atoms with Crippen LogP contribution in [0.1, 0.15) is 30.0 Å². The topological polar surface area (TPSA) is 58.4 Å². The highest BCUT2D eigenvalue weighted by atomic mass is 19.4. The molecule has 0 radical (unpaired) electrons. The Morgan fingerprint density at radius 1 is 0.923 bits per heavy atom. The van der Waals surface area contributed by atoms with E-state index in [1.807, 2.05) is 24.4 Å². The summed E-state index contributed by atoms with van der Waals surface area (Å²) < 4.78 is 43.2. The highest BCUT2D eigenvalue weighted by Gasteiger charge is 2.57. The van der Waals surface area contributed by atoms with Gasteiger partial charge >= 0.3 is 6.18 Å². The van der Waals surface area contributed by atoms with E-state index in [0.29, 0.717) is 17.7 Å². The number of carbonyl (C=O) groups is 2. The van der Waals surface area contributed by atoms with Crippen LogP contribution in [-0.2, 0) is 34.6 Å². The summed E-state index contributed by atoms with van der Waals surface area (Å²) in [5.41, 5.74) is 1.30. The molecule has 4 aromatic rings. The van der Waals surface area contributed by atoms with Gasteiger partial charge in [-0.05, 0) is 72.9 Å². The van der Waals surface area contributed by atoms with Gasteiger partial charge in [-0.3, -0.25) is 19.2 Å². The molecule has 2 amide bonds. The summed E-state index contributed by atoms with van der Waals surface area (Å²) in [5, 5.41) is 4.24. The Balaban J connectivity index is 1.62. The normalized spacial score (nSPS) is 18.9. The molecule has 6 nitrogen and oxygen atoms in total. The fraction of sp³-hybridized carbons (Fsp3) is 0.233. The first kappa shape index (κ1) is 24.9. The van der Waals surface area contributed by atoms with Crippen molar-refractivity contribution in [1.82, 2.24) is 9.78 Å². The Morgan fingerprint density at radius 3 is 2.36 bits per heavy atom. The number of fused-ring (bicyclic) bond motifs is 3. The molecule has 198 valence electrons. The molecule has 1 unspecified atom stereocenters. The lowest BCUT2D eigenvalue weighted by Crippen LogP contribution is -2.53.